The average Bonchev–Trinajstić information content (AvgIpc) is 2.11. The van der Waals surface area contributed by atoms with Crippen LogP contribution in [-0.2, 0) is 16.5 Å². The van der Waals surface area contributed by atoms with Crippen molar-refractivity contribution in [1.29, 1.82) is 0 Å². The Morgan fingerprint density at radius 1 is 0.824 bits per heavy atom. The Balaban J connectivity index is 4.42. The van der Waals surface area contributed by atoms with Crippen molar-refractivity contribution in [2.24, 2.45) is 0 Å². The number of hydrogen-bond donors (Lipinski definition) is 2. The minimum Gasteiger partial charge on any atom is -0.415 e. The molecule has 0 N–H and O–H groups in total. The zero-order chi connectivity index (χ0) is 13.7. The molecule has 4 nitrogen and oxygen atoms in total. The van der Waals surface area contributed by atoms with E-state index in [1.165, 1.54) is 0 Å². The van der Waals surface area contributed by atoms with Gasteiger partial charge in [-0.05, 0) is 52.2 Å². The first-order valence-electron chi connectivity index (χ1n) is 5.51. The van der Waals surface area contributed by atoms with Crippen molar-refractivity contribution in [3.8, 4) is 0 Å². The molecule has 0 unspecified atom stereocenters. The third-order valence-electron chi connectivity index (χ3n) is 1.74. The van der Waals surface area contributed by atoms with Gasteiger partial charge in [0.1, 0.15) is 0 Å². The molecule has 0 aliphatic carbocycles. The normalized spacial score (nSPS) is 14.1. The Morgan fingerprint density at radius 3 is 1.71 bits per heavy atom. The van der Waals surface area contributed by atoms with E-state index in [0.717, 1.165) is 0 Å². The van der Waals surface area contributed by atoms with E-state index in [4.69, 9.17) is 16.5 Å². The Bertz CT molecular complexity index is 239. The lowest BCUT2D eigenvalue weighted by Crippen LogP contribution is -2.53. The fraction of sp³-hybridized carbons (Fsp3) is 1.00. The molecule has 0 aliphatic heterocycles. The maximum absolute atomic E-state index is 6.09. The van der Waals surface area contributed by atoms with Crippen molar-refractivity contribution < 1.29 is 16.5 Å². The topological polar surface area (TPSA) is 36.9 Å². The molecule has 9 heteroatoms. The van der Waals surface area contributed by atoms with Gasteiger partial charge in [0.15, 0.2) is 0 Å². The molecule has 0 saturated heterocycles. The first-order valence-corrected chi connectivity index (χ1v) is 15.0. The highest BCUT2D eigenvalue weighted by Crippen LogP contribution is 2.22. The van der Waals surface area contributed by atoms with E-state index < -0.39 is 25.7 Å². The van der Waals surface area contributed by atoms with Crippen LogP contribution in [0.5, 0.6) is 0 Å². The molecule has 17 heavy (non-hydrogen) atoms. The first kappa shape index (κ1) is 18.2. The monoisotopic (exact) mass is 332 g/mol. The lowest BCUT2D eigenvalue weighted by molar-refractivity contribution is 0.239. The number of thiol groups is 2. The Morgan fingerprint density at radius 2 is 1.29 bits per heavy atom. The van der Waals surface area contributed by atoms with Gasteiger partial charge in [-0.3, -0.25) is 0 Å². The van der Waals surface area contributed by atoms with Crippen molar-refractivity contribution in [3.63, 3.8) is 0 Å². The summed E-state index contributed by atoms with van der Waals surface area (Å²) in [6.07, 6.45) is 0. The van der Waals surface area contributed by atoms with Crippen LogP contribution < -0.4 is 0 Å². The van der Waals surface area contributed by atoms with Gasteiger partial charge in [-0.1, -0.05) is 0 Å². The maximum atomic E-state index is 6.09. The third kappa shape index (κ3) is 8.83. The van der Waals surface area contributed by atoms with Gasteiger partial charge < -0.3 is 16.5 Å². The van der Waals surface area contributed by atoms with Crippen molar-refractivity contribution in [1.82, 2.24) is 0 Å². The molecular formula is C8H24O4S2Si3. The molecule has 0 atom stereocenters. The van der Waals surface area contributed by atoms with E-state index in [9.17, 15) is 0 Å². The lowest BCUT2D eigenvalue weighted by Gasteiger charge is -2.36. The summed E-state index contributed by atoms with van der Waals surface area (Å²) in [5, 5.41) is 0. The lowest BCUT2D eigenvalue weighted by atomic mass is 10.9. The predicted octanol–water partition coefficient (Wildman–Crippen LogP) is 2.93. The van der Waals surface area contributed by atoms with Gasteiger partial charge in [-0.25, -0.2) is 0 Å². The zero-order valence-electron chi connectivity index (χ0n) is 11.4. The molecule has 0 spiro atoms. The summed E-state index contributed by atoms with van der Waals surface area (Å²) in [4.78, 5) is 0. The molecule has 0 saturated carbocycles. The van der Waals surface area contributed by atoms with E-state index in [1.807, 2.05) is 39.3 Å². The summed E-state index contributed by atoms with van der Waals surface area (Å²) < 4.78 is 22.9. The summed E-state index contributed by atoms with van der Waals surface area (Å²) in [6.45, 7) is 12.6. The molecule has 0 aromatic carbocycles. The van der Waals surface area contributed by atoms with Crippen LogP contribution in [0.4, 0.5) is 0 Å². The summed E-state index contributed by atoms with van der Waals surface area (Å²) >= 11 is 7.98. The van der Waals surface area contributed by atoms with E-state index in [1.54, 1.807) is 0 Å². The van der Waals surface area contributed by atoms with Gasteiger partial charge in [0.05, 0.1) is 0 Å². The summed E-state index contributed by atoms with van der Waals surface area (Å²) in [5.74, 6) is 0.697. The Hall–Kier alpha value is 1.19. The molecule has 0 aromatic heterocycles. The first-order chi connectivity index (χ1) is 7.54. The highest BCUT2D eigenvalue weighted by atomic mass is 32.1. The van der Waals surface area contributed by atoms with E-state index >= 15 is 0 Å². The van der Waals surface area contributed by atoms with Gasteiger partial charge in [0.25, 0.3) is 0 Å². The summed E-state index contributed by atoms with van der Waals surface area (Å²) in [7, 11) is -6.58. The third-order valence-corrected chi connectivity index (χ3v) is 12.4. The zero-order valence-corrected chi connectivity index (χ0v) is 16.2. The Kier molecular flexibility index (Phi) is 7.60. The minimum absolute atomic E-state index is 0.608. The maximum Gasteiger partial charge on any atom is 0.336 e. The van der Waals surface area contributed by atoms with Crippen LogP contribution in [-0.4, -0.2) is 38.0 Å². The fourth-order valence-corrected chi connectivity index (χ4v) is 13.1. The van der Waals surface area contributed by atoms with Crippen LogP contribution in [0.15, 0.2) is 0 Å². The van der Waals surface area contributed by atoms with Gasteiger partial charge in [0, 0.05) is 12.4 Å². The SMILES string of the molecule is C[Si](C)(OS)O[Si](C)(C)O[Si](C)(C)OCCS. The molecule has 0 bridgehead atoms. The smallest absolute Gasteiger partial charge is 0.336 e. The van der Waals surface area contributed by atoms with E-state index in [0.29, 0.717) is 12.4 Å². The number of hydrogen-bond acceptors (Lipinski definition) is 6. The van der Waals surface area contributed by atoms with Crippen LogP contribution in [0, 0.1) is 0 Å². The molecule has 0 fully saturated rings. The number of rotatable bonds is 8. The van der Waals surface area contributed by atoms with Crippen LogP contribution in [0.2, 0.25) is 39.3 Å². The molecule has 0 aliphatic rings. The van der Waals surface area contributed by atoms with Gasteiger partial charge in [-0.15, -0.1) is 0 Å². The molecule has 0 heterocycles. The highest BCUT2D eigenvalue weighted by molar-refractivity contribution is 7.80. The second kappa shape index (κ2) is 7.10. The molecular weight excluding hydrogens is 308 g/mol. The van der Waals surface area contributed by atoms with E-state index in [-0.39, 0.29) is 0 Å². The summed E-state index contributed by atoms with van der Waals surface area (Å²) in [5.41, 5.74) is 0. The Labute approximate surface area is 119 Å². The van der Waals surface area contributed by atoms with Crippen LogP contribution in [0.25, 0.3) is 0 Å². The van der Waals surface area contributed by atoms with Crippen molar-refractivity contribution in [2.75, 3.05) is 12.4 Å². The second-order valence-electron chi connectivity index (χ2n) is 5.07. The predicted molar refractivity (Wildman–Crippen MR) is 84.5 cm³/mol. The molecule has 0 amide bonds. The van der Waals surface area contributed by atoms with Gasteiger partial charge in [-0.2, -0.15) is 12.6 Å². The van der Waals surface area contributed by atoms with Crippen molar-refractivity contribution in [3.05, 3.63) is 0 Å². The molecule has 0 aromatic rings. The van der Waals surface area contributed by atoms with Gasteiger partial charge >= 0.3 is 25.7 Å². The average molecular weight is 333 g/mol. The van der Waals surface area contributed by atoms with E-state index in [2.05, 4.69) is 25.5 Å². The largest absolute Gasteiger partial charge is 0.415 e. The molecule has 0 radical (unpaired) electrons. The molecule has 0 rings (SSSR count). The fourth-order valence-electron chi connectivity index (χ4n) is 1.54. The minimum atomic E-state index is -2.25. The second-order valence-corrected chi connectivity index (χ2v) is 16.6. The van der Waals surface area contributed by atoms with Gasteiger partial charge in [0.2, 0.25) is 0 Å². The molecule has 104 valence electrons. The standard InChI is InChI=1S/C8H24O4S2Si3/c1-15(2,9-7-8-13)11-17(5,6)12-16(3,4)10-14/h13-14H,7-8H2,1-6H3. The summed E-state index contributed by atoms with van der Waals surface area (Å²) in [6, 6.07) is 0. The quantitative estimate of drug-likeness (QED) is 0.407. The highest BCUT2D eigenvalue weighted by Gasteiger charge is 2.41. The van der Waals surface area contributed by atoms with Crippen LogP contribution in [0.1, 0.15) is 0 Å². The van der Waals surface area contributed by atoms with Crippen LogP contribution in [0.3, 0.4) is 0 Å². The van der Waals surface area contributed by atoms with Crippen molar-refractivity contribution in [2.45, 2.75) is 39.3 Å². The van der Waals surface area contributed by atoms with Crippen molar-refractivity contribution >= 4 is 51.2 Å². The van der Waals surface area contributed by atoms with Crippen LogP contribution >= 0.6 is 25.5 Å².